The molecule has 2 atom stereocenters. The van der Waals surface area contributed by atoms with Gasteiger partial charge in [0, 0.05) is 6.54 Å². The molecule has 2 heterocycles. The zero-order chi connectivity index (χ0) is 9.26. The summed E-state index contributed by atoms with van der Waals surface area (Å²) in [5.74, 6) is 0.912. The summed E-state index contributed by atoms with van der Waals surface area (Å²) in [5.41, 5.74) is 0. The van der Waals surface area contributed by atoms with E-state index >= 15 is 0 Å². The molecule has 0 spiro atoms. The van der Waals surface area contributed by atoms with Crippen molar-refractivity contribution in [1.29, 1.82) is 0 Å². The van der Waals surface area contributed by atoms with Crippen molar-refractivity contribution in [2.24, 2.45) is 0 Å². The van der Waals surface area contributed by atoms with Crippen LogP contribution in [0.4, 0.5) is 0 Å². The van der Waals surface area contributed by atoms with Crippen LogP contribution in [0.15, 0.2) is 22.8 Å². The van der Waals surface area contributed by atoms with Crippen molar-refractivity contribution in [3.8, 4) is 0 Å². The number of furan rings is 1. The summed E-state index contributed by atoms with van der Waals surface area (Å²) in [5, 5.41) is 5.97. The van der Waals surface area contributed by atoms with Gasteiger partial charge in [-0.25, -0.2) is 0 Å². The molecule has 13 heavy (non-hydrogen) atoms. The van der Waals surface area contributed by atoms with Gasteiger partial charge in [0.1, 0.15) is 5.76 Å². The van der Waals surface area contributed by atoms with Crippen molar-refractivity contribution in [2.75, 3.05) is 6.54 Å². The van der Waals surface area contributed by atoms with Crippen LogP contribution in [-0.4, -0.2) is 18.5 Å². The van der Waals surface area contributed by atoms with Crippen LogP contribution < -0.4 is 10.6 Å². The quantitative estimate of drug-likeness (QED) is 0.659. The number of piperazine rings is 1. The fourth-order valence-corrected chi connectivity index (χ4v) is 1.46. The zero-order valence-electron chi connectivity index (χ0n) is 7.41. The fourth-order valence-electron chi connectivity index (χ4n) is 1.46. The predicted octanol–water partition coefficient (Wildman–Crippen LogP) is 0.429. The lowest BCUT2D eigenvalue weighted by molar-refractivity contribution is -0.124. The maximum atomic E-state index is 11.1. The molecule has 1 amide bonds. The number of carbonyl (C=O) groups is 1. The number of hydrogen-bond donors (Lipinski definition) is 2. The SMILES string of the molecule is CC1NC(c2ccco2)CNC1=O. The van der Waals surface area contributed by atoms with Gasteiger partial charge in [-0.05, 0) is 19.1 Å². The molecule has 70 valence electrons. The van der Waals surface area contributed by atoms with Gasteiger partial charge in [-0.1, -0.05) is 0 Å². The highest BCUT2D eigenvalue weighted by Gasteiger charge is 2.26. The Kier molecular flexibility index (Phi) is 2.06. The van der Waals surface area contributed by atoms with Crippen molar-refractivity contribution >= 4 is 5.91 Å². The molecule has 4 nitrogen and oxygen atoms in total. The Morgan fingerprint density at radius 2 is 2.46 bits per heavy atom. The Morgan fingerprint density at radius 3 is 3.08 bits per heavy atom. The largest absolute Gasteiger partial charge is 0.468 e. The average molecular weight is 180 g/mol. The van der Waals surface area contributed by atoms with Crippen LogP contribution in [0.1, 0.15) is 18.7 Å². The van der Waals surface area contributed by atoms with Crippen LogP contribution in [0, 0.1) is 0 Å². The molecular weight excluding hydrogens is 168 g/mol. The van der Waals surface area contributed by atoms with Gasteiger partial charge in [0.15, 0.2) is 0 Å². The summed E-state index contributed by atoms with van der Waals surface area (Å²) in [6, 6.07) is 3.70. The van der Waals surface area contributed by atoms with Crippen molar-refractivity contribution in [3.63, 3.8) is 0 Å². The van der Waals surface area contributed by atoms with E-state index in [2.05, 4.69) is 10.6 Å². The van der Waals surface area contributed by atoms with Crippen LogP contribution in [-0.2, 0) is 4.79 Å². The van der Waals surface area contributed by atoms with E-state index in [4.69, 9.17) is 4.42 Å². The van der Waals surface area contributed by atoms with Gasteiger partial charge in [-0.15, -0.1) is 0 Å². The topological polar surface area (TPSA) is 54.3 Å². The number of amides is 1. The van der Waals surface area contributed by atoms with E-state index in [-0.39, 0.29) is 18.0 Å². The second kappa shape index (κ2) is 3.22. The molecule has 2 N–H and O–H groups in total. The van der Waals surface area contributed by atoms with Gasteiger partial charge >= 0.3 is 0 Å². The Labute approximate surface area is 76.3 Å². The third kappa shape index (κ3) is 1.58. The van der Waals surface area contributed by atoms with Crippen molar-refractivity contribution in [1.82, 2.24) is 10.6 Å². The number of nitrogens with one attached hydrogen (secondary N) is 2. The molecule has 0 aliphatic carbocycles. The minimum absolute atomic E-state index is 0.0443. The van der Waals surface area contributed by atoms with E-state index in [1.165, 1.54) is 0 Å². The third-order valence-corrected chi connectivity index (χ3v) is 2.21. The first kappa shape index (κ1) is 8.31. The first-order valence-electron chi connectivity index (χ1n) is 4.34. The van der Waals surface area contributed by atoms with E-state index in [1.54, 1.807) is 6.26 Å². The lowest BCUT2D eigenvalue weighted by atomic mass is 10.1. The van der Waals surface area contributed by atoms with E-state index in [0.717, 1.165) is 5.76 Å². The van der Waals surface area contributed by atoms with E-state index < -0.39 is 0 Å². The monoisotopic (exact) mass is 180 g/mol. The maximum Gasteiger partial charge on any atom is 0.236 e. The Bertz CT molecular complexity index is 295. The molecule has 1 aromatic heterocycles. The van der Waals surface area contributed by atoms with Gasteiger partial charge in [-0.2, -0.15) is 0 Å². The summed E-state index contributed by atoms with van der Waals surface area (Å²) in [6.07, 6.45) is 1.64. The Hall–Kier alpha value is -1.29. The van der Waals surface area contributed by atoms with E-state index in [1.807, 2.05) is 19.1 Å². The lowest BCUT2D eigenvalue weighted by Crippen LogP contribution is -2.52. The molecule has 0 aromatic carbocycles. The van der Waals surface area contributed by atoms with Crippen LogP contribution in [0.25, 0.3) is 0 Å². The molecule has 0 saturated carbocycles. The van der Waals surface area contributed by atoms with Crippen molar-refractivity contribution in [2.45, 2.75) is 19.0 Å². The molecule has 1 aliphatic rings. The molecule has 4 heteroatoms. The summed E-state index contributed by atoms with van der Waals surface area (Å²) >= 11 is 0. The van der Waals surface area contributed by atoms with Gasteiger partial charge in [0.2, 0.25) is 5.91 Å². The van der Waals surface area contributed by atoms with E-state index in [9.17, 15) is 4.79 Å². The van der Waals surface area contributed by atoms with E-state index in [0.29, 0.717) is 6.54 Å². The van der Waals surface area contributed by atoms with Gasteiger partial charge in [0.25, 0.3) is 0 Å². The molecule has 1 fully saturated rings. The second-order valence-electron chi connectivity index (χ2n) is 3.20. The maximum absolute atomic E-state index is 11.1. The van der Waals surface area contributed by atoms with Crippen LogP contribution in [0.5, 0.6) is 0 Å². The molecule has 2 rings (SSSR count). The molecule has 1 saturated heterocycles. The molecule has 1 aromatic rings. The fraction of sp³-hybridized carbons (Fsp3) is 0.444. The summed E-state index contributed by atoms with van der Waals surface area (Å²) < 4.78 is 5.24. The summed E-state index contributed by atoms with van der Waals surface area (Å²) in [4.78, 5) is 11.1. The molecule has 0 radical (unpaired) electrons. The minimum atomic E-state index is -0.149. The Balaban J connectivity index is 2.07. The van der Waals surface area contributed by atoms with Crippen LogP contribution >= 0.6 is 0 Å². The number of hydrogen-bond acceptors (Lipinski definition) is 3. The van der Waals surface area contributed by atoms with Crippen molar-refractivity contribution < 1.29 is 9.21 Å². The van der Waals surface area contributed by atoms with Gasteiger partial charge in [0.05, 0.1) is 18.3 Å². The van der Waals surface area contributed by atoms with Crippen LogP contribution in [0.3, 0.4) is 0 Å². The third-order valence-electron chi connectivity index (χ3n) is 2.21. The standard InChI is InChI=1S/C9H12N2O2/c1-6-9(12)10-5-7(11-6)8-3-2-4-13-8/h2-4,6-7,11H,5H2,1H3,(H,10,12). The smallest absolute Gasteiger partial charge is 0.236 e. The summed E-state index contributed by atoms with van der Waals surface area (Å²) in [7, 11) is 0. The Morgan fingerprint density at radius 1 is 1.62 bits per heavy atom. The normalized spacial score (nSPS) is 28.5. The first-order valence-corrected chi connectivity index (χ1v) is 4.34. The second-order valence-corrected chi connectivity index (χ2v) is 3.20. The first-order chi connectivity index (χ1) is 6.27. The average Bonchev–Trinajstić information content (AvgIpc) is 2.62. The van der Waals surface area contributed by atoms with Gasteiger partial charge < -0.3 is 9.73 Å². The lowest BCUT2D eigenvalue weighted by Gasteiger charge is -2.27. The summed E-state index contributed by atoms with van der Waals surface area (Å²) in [6.45, 7) is 2.43. The van der Waals surface area contributed by atoms with Crippen molar-refractivity contribution in [3.05, 3.63) is 24.2 Å². The number of carbonyl (C=O) groups excluding carboxylic acids is 1. The highest BCUT2D eigenvalue weighted by molar-refractivity contribution is 5.82. The molecule has 1 aliphatic heterocycles. The predicted molar refractivity (Wildman–Crippen MR) is 47.1 cm³/mol. The molecule has 2 unspecified atom stereocenters. The highest BCUT2D eigenvalue weighted by Crippen LogP contribution is 2.15. The zero-order valence-corrected chi connectivity index (χ0v) is 7.41. The number of rotatable bonds is 1. The van der Waals surface area contributed by atoms with Crippen LogP contribution in [0.2, 0.25) is 0 Å². The minimum Gasteiger partial charge on any atom is -0.468 e. The molecule has 0 bridgehead atoms. The van der Waals surface area contributed by atoms with Gasteiger partial charge in [-0.3, -0.25) is 10.1 Å². The highest BCUT2D eigenvalue weighted by atomic mass is 16.3. The molecular formula is C9H12N2O2.